The first kappa shape index (κ1) is 21.1. The Bertz CT molecular complexity index is 834. The van der Waals surface area contributed by atoms with Crippen molar-refractivity contribution in [3.63, 3.8) is 0 Å². The van der Waals surface area contributed by atoms with Gasteiger partial charge in [-0.2, -0.15) is 11.8 Å². The Balaban J connectivity index is 1.99. The zero-order chi connectivity index (χ0) is 20.3. The molecule has 1 saturated carbocycles. The van der Waals surface area contributed by atoms with E-state index in [1.807, 2.05) is 6.26 Å². The number of aliphatic hydroxyl groups is 2. The maximum atomic E-state index is 11.6. The van der Waals surface area contributed by atoms with Crippen molar-refractivity contribution < 1.29 is 15.0 Å². The molecule has 0 saturated heterocycles. The van der Waals surface area contributed by atoms with Crippen LogP contribution >= 0.6 is 23.5 Å². The predicted molar refractivity (Wildman–Crippen MR) is 109 cm³/mol. The number of nitrogens with zero attached hydrogens (tertiary/aromatic N) is 5. The third-order valence-corrected chi connectivity index (χ3v) is 6.33. The molecule has 0 bridgehead atoms. The Labute approximate surface area is 171 Å². The maximum Gasteiger partial charge on any atom is 0.223 e. The van der Waals surface area contributed by atoms with Crippen molar-refractivity contribution >= 4 is 46.4 Å². The predicted octanol–water partition coefficient (Wildman–Crippen LogP) is 0.266. The van der Waals surface area contributed by atoms with Crippen LogP contribution < -0.4 is 11.1 Å². The van der Waals surface area contributed by atoms with E-state index in [2.05, 4.69) is 32.5 Å². The van der Waals surface area contributed by atoms with Crippen LogP contribution in [-0.4, -0.2) is 77.6 Å². The maximum absolute atomic E-state index is 11.6. The quantitative estimate of drug-likeness (QED) is 0.249. The molecule has 1 amide bonds. The van der Waals surface area contributed by atoms with Gasteiger partial charge in [0.05, 0.1) is 18.1 Å². The highest BCUT2D eigenvalue weighted by Crippen LogP contribution is 2.37. The Kier molecular flexibility index (Phi) is 6.96. The molecule has 0 spiro atoms. The molecule has 1 aliphatic rings. The number of fused-ring (bicyclic) bond motifs is 1. The SMILES string of the molecule is CCCSc1nc(NCCSC)c2nnn([C@@H]3C[C@H](C(N)=O)[C@@H](O)[C@H]3O)c2n1. The van der Waals surface area contributed by atoms with Crippen molar-refractivity contribution in [3.05, 3.63) is 0 Å². The van der Waals surface area contributed by atoms with E-state index in [0.717, 1.165) is 17.9 Å². The van der Waals surface area contributed by atoms with E-state index in [1.165, 1.54) is 16.4 Å². The van der Waals surface area contributed by atoms with Gasteiger partial charge in [0.25, 0.3) is 0 Å². The Morgan fingerprint density at radius 1 is 1.32 bits per heavy atom. The van der Waals surface area contributed by atoms with Gasteiger partial charge in [0, 0.05) is 18.1 Å². The number of aliphatic hydroxyl groups excluding tert-OH is 2. The monoisotopic (exact) mass is 427 g/mol. The highest BCUT2D eigenvalue weighted by molar-refractivity contribution is 7.99. The molecule has 2 aromatic heterocycles. The zero-order valence-corrected chi connectivity index (χ0v) is 17.4. The molecule has 0 unspecified atom stereocenters. The van der Waals surface area contributed by atoms with Crippen LogP contribution in [-0.2, 0) is 4.79 Å². The highest BCUT2D eigenvalue weighted by Gasteiger charge is 2.46. The normalized spacial score (nSPS) is 24.7. The van der Waals surface area contributed by atoms with Crippen molar-refractivity contribution in [1.29, 1.82) is 0 Å². The van der Waals surface area contributed by atoms with Gasteiger partial charge in [-0.3, -0.25) is 4.79 Å². The molecule has 1 aliphatic carbocycles. The van der Waals surface area contributed by atoms with Gasteiger partial charge in [-0.25, -0.2) is 14.6 Å². The van der Waals surface area contributed by atoms with Crippen LogP contribution in [0.5, 0.6) is 0 Å². The fraction of sp³-hybridized carbons (Fsp3) is 0.688. The van der Waals surface area contributed by atoms with Gasteiger partial charge in [-0.15, -0.1) is 5.10 Å². The largest absolute Gasteiger partial charge is 0.390 e. The summed E-state index contributed by atoms with van der Waals surface area (Å²) in [6.07, 6.45) is 0.756. The minimum absolute atomic E-state index is 0.173. The van der Waals surface area contributed by atoms with E-state index in [9.17, 15) is 15.0 Å². The number of aromatic nitrogens is 5. The number of nitrogens with two attached hydrogens (primary N) is 1. The van der Waals surface area contributed by atoms with Crippen LogP contribution in [0.1, 0.15) is 25.8 Å². The smallest absolute Gasteiger partial charge is 0.223 e. The first-order valence-corrected chi connectivity index (χ1v) is 11.5. The number of nitrogens with one attached hydrogen (secondary N) is 1. The second kappa shape index (κ2) is 9.25. The summed E-state index contributed by atoms with van der Waals surface area (Å²) >= 11 is 3.24. The molecule has 154 valence electrons. The second-order valence-corrected chi connectivity index (χ2v) is 8.67. The van der Waals surface area contributed by atoms with Crippen molar-refractivity contribution in [2.75, 3.05) is 29.6 Å². The van der Waals surface area contributed by atoms with Crippen LogP contribution in [0, 0.1) is 5.92 Å². The third kappa shape index (κ3) is 4.19. The first-order chi connectivity index (χ1) is 13.5. The van der Waals surface area contributed by atoms with E-state index in [1.54, 1.807) is 11.8 Å². The van der Waals surface area contributed by atoms with Crippen LogP contribution in [0.25, 0.3) is 11.2 Å². The molecular weight excluding hydrogens is 402 g/mol. The van der Waals surface area contributed by atoms with E-state index in [4.69, 9.17) is 5.73 Å². The van der Waals surface area contributed by atoms with Gasteiger partial charge >= 0.3 is 0 Å². The van der Waals surface area contributed by atoms with Crippen LogP contribution in [0.3, 0.4) is 0 Å². The number of anilines is 1. The number of hydrogen-bond donors (Lipinski definition) is 4. The average Bonchev–Trinajstić information content (AvgIpc) is 3.22. The molecule has 10 nitrogen and oxygen atoms in total. The number of amides is 1. The Hall–Kier alpha value is -1.63. The lowest BCUT2D eigenvalue weighted by Gasteiger charge is -2.16. The van der Waals surface area contributed by atoms with E-state index in [-0.39, 0.29) is 6.42 Å². The topological polar surface area (TPSA) is 152 Å². The van der Waals surface area contributed by atoms with Crippen molar-refractivity contribution in [1.82, 2.24) is 25.0 Å². The molecule has 4 atom stereocenters. The van der Waals surface area contributed by atoms with E-state index >= 15 is 0 Å². The molecular formula is C16H25N7O3S2. The molecule has 0 aromatic carbocycles. The highest BCUT2D eigenvalue weighted by atomic mass is 32.2. The fourth-order valence-corrected chi connectivity index (χ4v) is 4.22. The third-order valence-electron chi connectivity index (χ3n) is 4.67. The van der Waals surface area contributed by atoms with Crippen LogP contribution in [0.2, 0.25) is 0 Å². The van der Waals surface area contributed by atoms with Crippen molar-refractivity contribution in [3.8, 4) is 0 Å². The zero-order valence-electron chi connectivity index (χ0n) is 15.8. The fourth-order valence-electron chi connectivity index (χ4n) is 3.22. The Morgan fingerprint density at radius 2 is 2.11 bits per heavy atom. The molecule has 2 heterocycles. The lowest BCUT2D eigenvalue weighted by atomic mass is 10.1. The number of thioether (sulfide) groups is 2. The van der Waals surface area contributed by atoms with E-state index in [0.29, 0.717) is 28.7 Å². The number of primary amides is 1. The summed E-state index contributed by atoms with van der Waals surface area (Å²) in [4.78, 5) is 20.7. The molecule has 0 aliphatic heterocycles. The molecule has 28 heavy (non-hydrogen) atoms. The number of hydrogen-bond acceptors (Lipinski definition) is 10. The summed E-state index contributed by atoms with van der Waals surface area (Å²) < 4.78 is 1.48. The van der Waals surface area contributed by atoms with Crippen molar-refractivity contribution in [2.24, 2.45) is 11.7 Å². The standard InChI is InChI=1S/C16H25N7O3S2/c1-3-5-28-16-19-14(18-4-6-27-2)10-15(20-16)23(22-21-10)9-7-8(13(17)26)11(24)12(9)25/h8-9,11-12,24-25H,3-7H2,1-2H3,(H2,17,26)(H,18,19,20)/t8-,9+,11+,12-/m0/s1. The summed E-state index contributed by atoms with van der Waals surface area (Å²) in [5.74, 6) is 0.876. The van der Waals surface area contributed by atoms with Gasteiger partial charge in [0.1, 0.15) is 6.10 Å². The summed E-state index contributed by atoms with van der Waals surface area (Å²) in [5.41, 5.74) is 6.31. The van der Waals surface area contributed by atoms with Gasteiger partial charge in [0.2, 0.25) is 5.91 Å². The number of carbonyl (C=O) groups excluding carboxylic acids is 1. The summed E-state index contributed by atoms with van der Waals surface area (Å²) in [7, 11) is 0. The van der Waals surface area contributed by atoms with Crippen molar-refractivity contribution in [2.45, 2.75) is 43.2 Å². The molecule has 0 radical (unpaired) electrons. The van der Waals surface area contributed by atoms with Crippen LogP contribution in [0.15, 0.2) is 5.16 Å². The molecule has 1 fully saturated rings. The van der Waals surface area contributed by atoms with Gasteiger partial charge in [0.15, 0.2) is 22.1 Å². The van der Waals surface area contributed by atoms with Gasteiger partial charge < -0.3 is 21.3 Å². The lowest BCUT2D eigenvalue weighted by Crippen LogP contribution is -2.35. The minimum atomic E-state index is -1.24. The van der Waals surface area contributed by atoms with Crippen LogP contribution in [0.4, 0.5) is 5.82 Å². The Morgan fingerprint density at radius 3 is 2.75 bits per heavy atom. The summed E-state index contributed by atoms with van der Waals surface area (Å²) in [6.45, 7) is 2.79. The number of carbonyl (C=O) groups is 1. The summed E-state index contributed by atoms with van der Waals surface area (Å²) in [5, 5.41) is 32.8. The molecule has 5 N–H and O–H groups in total. The van der Waals surface area contributed by atoms with Gasteiger partial charge in [-0.1, -0.05) is 23.9 Å². The second-order valence-electron chi connectivity index (χ2n) is 6.62. The molecule has 2 aromatic rings. The van der Waals surface area contributed by atoms with Gasteiger partial charge in [-0.05, 0) is 19.1 Å². The lowest BCUT2D eigenvalue weighted by molar-refractivity contribution is -0.125. The molecule has 12 heteroatoms. The average molecular weight is 428 g/mol. The molecule has 3 rings (SSSR count). The summed E-state index contributed by atoms with van der Waals surface area (Å²) in [6, 6.07) is -0.643. The first-order valence-electron chi connectivity index (χ1n) is 9.11. The number of rotatable bonds is 9. The minimum Gasteiger partial charge on any atom is -0.390 e. The van der Waals surface area contributed by atoms with E-state index < -0.39 is 30.1 Å².